The normalized spacial score (nSPS) is 18.2. The van der Waals surface area contributed by atoms with Gasteiger partial charge in [0, 0.05) is 0 Å². The van der Waals surface area contributed by atoms with Gasteiger partial charge in [-0.15, -0.1) is 0 Å². The molecule has 14 heavy (non-hydrogen) atoms. The van der Waals surface area contributed by atoms with Crippen molar-refractivity contribution in [2.24, 2.45) is 0 Å². The van der Waals surface area contributed by atoms with Crippen LogP contribution in [0, 0.1) is 0 Å². The molecule has 1 N–H and O–H groups in total. The molecule has 0 unspecified atom stereocenters. The summed E-state index contributed by atoms with van der Waals surface area (Å²) in [5.74, 6) is 0. The van der Waals surface area contributed by atoms with Crippen molar-refractivity contribution in [2.75, 3.05) is 0 Å². The molecular formula is C11H12Cl2O. The number of benzene rings is 1. The smallest absolute Gasteiger partial charge is 0.0653 e. The summed E-state index contributed by atoms with van der Waals surface area (Å²) in [5, 5.41) is 10.8. The standard InChI is InChI=1S/C11H12Cl2O/c12-9-2-1-8(7-10(9)13)3-4-11(14)5-6-11/h1-2,7,14H,3-6H2. The van der Waals surface area contributed by atoms with Crippen LogP contribution in [0.25, 0.3) is 0 Å². The van der Waals surface area contributed by atoms with E-state index < -0.39 is 0 Å². The zero-order valence-corrected chi connectivity index (χ0v) is 9.28. The lowest BCUT2D eigenvalue weighted by molar-refractivity contribution is 0.140. The molecule has 0 aromatic heterocycles. The highest BCUT2D eigenvalue weighted by Gasteiger charge is 2.39. The maximum absolute atomic E-state index is 9.65. The highest BCUT2D eigenvalue weighted by atomic mass is 35.5. The van der Waals surface area contributed by atoms with Gasteiger partial charge in [0.1, 0.15) is 0 Å². The van der Waals surface area contributed by atoms with Crippen molar-refractivity contribution >= 4 is 23.2 Å². The van der Waals surface area contributed by atoms with Crippen molar-refractivity contribution in [1.82, 2.24) is 0 Å². The van der Waals surface area contributed by atoms with Gasteiger partial charge < -0.3 is 5.11 Å². The van der Waals surface area contributed by atoms with Gasteiger partial charge in [-0.3, -0.25) is 0 Å². The van der Waals surface area contributed by atoms with E-state index in [4.69, 9.17) is 23.2 Å². The zero-order chi connectivity index (χ0) is 10.2. The molecule has 1 aliphatic carbocycles. The highest BCUT2D eigenvalue weighted by Crippen LogP contribution is 2.39. The summed E-state index contributed by atoms with van der Waals surface area (Å²) in [6.07, 6.45) is 3.57. The summed E-state index contributed by atoms with van der Waals surface area (Å²) < 4.78 is 0. The van der Waals surface area contributed by atoms with Crippen LogP contribution in [0.4, 0.5) is 0 Å². The molecule has 76 valence electrons. The number of hydrogen-bond donors (Lipinski definition) is 1. The first kappa shape index (κ1) is 10.3. The summed E-state index contributed by atoms with van der Waals surface area (Å²) in [7, 11) is 0. The number of aryl methyl sites for hydroxylation is 1. The third kappa shape index (κ3) is 2.41. The van der Waals surface area contributed by atoms with E-state index in [2.05, 4.69) is 0 Å². The SMILES string of the molecule is OC1(CCc2ccc(Cl)c(Cl)c2)CC1. The molecule has 1 saturated carbocycles. The minimum atomic E-state index is -0.383. The lowest BCUT2D eigenvalue weighted by Crippen LogP contribution is -2.07. The summed E-state index contributed by atoms with van der Waals surface area (Å²) in [6.45, 7) is 0. The second kappa shape index (κ2) is 3.73. The lowest BCUT2D eigenvalue weighted by atomic mass is 10.1. The topological polar surface area (TPSA) is 20.2 Å². The summed E-state index contributed by atoms with van der Waals surface area (Å²) in [6, 6.07) is 5.63. The lowest BCUT2D eigenvalue weighted by Gasteiger charge is -2.07. The largest absolute Gasteiger partial charge is 0.390 e. The first-order valence-corrected chi connectivity index (χ1v) is 5.51. The molecule has 0 amide bonds. The Morgan fingerprint density at radius 2 is 1.93 bits per heavy atom. The molecule has 0 heterocycles. The zero-order valence-electron chi connectivity index (χ0n) is 7.76. The highest BCUT2D eigenvalue weighted by molar-refractivity contribution is 6.42. The monoisotopic (exact) mass is 230 g/mol. The van der Waals surface area contributed by atoms with Crippen LogP contribution in [0.5, 0.6) is 0 Å². The van der Waals surface area contributed by atoms with Gasteiger partial charge in [0.05, 0.1) is 15.6 Å². The Kier molecular flexibility index (Phi) is 2.74. The first-order chi connectivity index (χ1) is 6.59. The predicted octanol–water partition coefficient (Wildman–Crippen LogP) is 3.45. The van der Waals surface area contributed by atoms with E-state index in [0.717, 1.165) is 31.2 Å². The van der Waals surface area contributed by atoms with Gasteiger partial charge in [0.15, 0.2) is 0 Å². The van der Waals surface area contributed by atoms with Gasteiger partial charge in [-0.25, -0.2) is 0 Å². The third-order valence-electron chi connectivity index (χ3n) is 2.69. The van der Waals surface area contributed by atoms with Crippen LogP contribution < -0.4 is 0 Å². The summed E-state index contributed by atoms with van der Waals surface area (Å²) in [4.78, 5) is 0. The number of rotatable bonds is 3. The third-order valence-corrected chi connectivity index (χ3v) is 3.43. The molecule has 1 aliphatic rings. The van der Waals surface area contributed by atoms with Gasteiger partial charge >= 0.3 is 0 Å². The Hall–Kier alpha value is -0.240. The van der Waals surface area contributed by atoms with Crippen LogP contribution >= 0.6 is 23.2 Å². The molecule has 1 aromatic carbocycles. The Morgan fingerprint density at radius 1 is 1.21 bits per heavy atom. The van der Waals surface area contributed by atoms with Gasteiger partial charge in [-0.05, 0) is 43.4 Å². The molecule has 1 nitrogen and oxygen atoms in total. The molecule has 0 spiro atoms. The second-order valence-electron chi connectivity index (χ2n) is 3.97. The van der Waals surface area contributed by atoms with Crippen molar-refractivity contribution in [2.45, 2.75) is 31.3 Å². The van der Waals surface area contributed by atoms with Crippen LogP contribution in [0.1, 0.15) is 24.8 Å². The Balaban J connectivity index is 1.99. The Bertz CT molecular complexity index is 345. The molecule has 0 bridgehead atoms. The van der Waals surface area contributed by atoms with Gasteiger partial charge in [-0.1, -0.05) is 29.3 Å². The van der Waals surface area contributed by atoms with E-state index in [9.17, 15) is 5.11 Å². The van der Waals surface area contributed by atoms with Crippen LogP contribution in [0.2, 0.25) is 10.0 Å². The van der Waals surface area contributed by atoms with E-state index in [-0.39, 0.29) is 5.60 Å². The van der Waals surface area contributed by atoms with E-state index in [0.29, 0.717) is 10.0 Å². The average molecular weight is 231 g/mol. The summed E-state index contributed by atoms with van der Waals surface area (Å²) >= 11 is 11.7. The van der Waals surface area contributed by atoms with Crippen LogP contribution in [0.3, 0.4) is 0 Å². The molecule has 0 radical (unpaired) electrons. The van der Waals surface area contributed by atoms with Gasteiger partial charge in [0.25, 0.3) is 0 Å². The Morgan fingerprint density at radius 3 is 2.50 bits per heavy atom. The Labute approximate surface area is 93.7 Å². The fourth-order valence-corrected chi connectivity index (χ4v) is 1.79. The minimum absolute atomic E-state index is 0.383. The second-order valence-corrected chi connectivity index (χ2v) is 4.79. The van der Waals surface area contributed by atoms with Crippen LogP contribution in [-0.2, 0) is 6.42 Å². The van der Waals surface area contributed by atoms with Crippen LogP contribution in [-0.4, -0.2) is 10.7 Å². The number of aliphatic hydroxyl groups is 1. The van der Waals surface area contributed by atoms with Crippen molar-refractivity contribution in [3.8, 4) is 0 Å². The molecule has 1 aromatic rings. The van der Waals surface area contributed by atoms with Gasteiger partial charge in [0.2, 0.25) is 0 Å². The maximum Gasteiger partial charge on any atom is 0.0653 e. The molecule has 2 rings (SSSR count). The number of halogens is 2. The molecule has 3 heteroatoms. The molecule has 1 fully saturated rings. The van der Waals surface area contributed by atoms with E-state index >= 15 is 0 Å². The van der Waals surface area contributed by atoms with E-state index in [1.807, 2.05) is 12.1 Å². The molecule has 0 aliphatic heterocycles. The minimum Gasteiger partial charge on any atom is -0.390 e. The van der Waals surface area contributed by atoms with Crippen LogP contribution in [0.15, 0.2) is 18.2 Å². The molecular weight excluding hydrogens is 219 g/mol. The van der Waals surface area contributed by atoms with Crippen molar-refractivity contribution in [1.29, 1.82) is 0 Å². The number of hydrogen-bond acceptors (Lipinski definition) is 1. The summed E-state index contributed by atoms with van der Waals surface area (Å²) in [5.41, 5.74) is 0.756. The predicted molar refractivity (Wildman–Crippen MR) is 59.0 cm³/mol. The van der Waals surface area contributed by atoms with Crippen molar-refractivity contribution < 1.29 is 5.11 Å². The van der Waals surface area contributed by atoms with Crippen molar-refractivity contribution in [3.05, 3.63) is 33.8 Å². The molecule has 0 atom stereocenters. The maximum atomic E-state index is 9.65. The van der Waals surface area contributed by atoms with Crippen molar-refractivity contribution in [3.63, 3.8) is 0 Å². The molecule has 0 saturated heterocycles. The van der Waals surface area contributed by atoms with Gasteiger partial charge in [-0.2, -0.15) is 0 Å². The quantitative estimate of drug-likeness (QED) is 0.844. The fourth-order valence-electron chi connectivity index (χ4n) is 1.47. The van der Waals surface area contributed by atoms with E-state index in [1.165, 1.54) is 0 Å². The first-order valence-electron chi connectivity index (χ1n) is 4.75. The fraction of sp³-hybridized carbons (Fsp3) is 0.455. The van der Waals surface area contributed by atoms with E-state index in [1.54, 1.807) is 6.07 Å². The average Bonchev–Trinajstić information content (AvgIpc) is 2.87.